The minimum Gasteiger partial charge on any atom is -0.472 e. The van der Waals surface area contributed by atoms with Crippen molar-refractivity contribution in [2.24, 2.45) is 5.73 Å². The number of hydrogen-bond acceptors (Lipinski definition) is 4. The van der Waals surface area contributed by atoms with Gasteiger partial charge in [-0.3, -0.25) is 4.90 Å². The summed E-state index contributed by atoms with van der Waals surface area (Å²) in [6.45, 7) is 12.8. The first-order chi connectivity index (χ1) is 9.26. The number of likely N-dealkylation sites (N-methyl/N-ethyl adjacent to an activating group) is 1. The van der Waals surface area contributed by atoms with E-state index in [0.717, 1.165) is 32.7 Å². The van der Waals surface area contributed by atoms with E-state index in [1.807, 2.05) is 12.3 Å². The van der Waals surface area contributed by atoms with Gasteiger partial charge in [0.05, 0.1) is 18.6 Å². The van der Waals surface area contributed by atoms with Crippen molar-refractivity contribution in [2.45, 2.75) is 33.2 Å². The van der Waals surface area contributed by atoms with Crippen molar-refractivity contribution in [1.29, 1.82) is 0 Å². The van der Waals surface area contributed by atoms with Crippen molar-refractivity contribution >= 4 is 0 Å². The predicted molar refractivity (Wildman–Crippen MR) is 80.2 cm³/mol. The largest absolute Gasteiger partial charge is 0.472 e. The van der Waals surface area contributed by atoms with Crippen LogP contribution in [0.4, 0.5) is 0 Å². The zero-order valence-corrected chi connectivity index (χ0v) is 12.6. The molecule has 1 unspecified atom stereocenters. The van der Waals surface area contributed by atoms with Crippen LogP contribution in [0.3, 0.4) is 0 Å². The van der Waals surface area contributed by atoms with Gasteiger partial charge in [0.2, 0.25) is 0 Å². The third kappa shape index (κ3) is 4.97. The lowest BCUT2D eigenvalue weighted by Crippen LogP contribution is -2.36. The summed E-state index contributed by atoms with van der Waals surface area (Å²) in [5.74, 6) is 0. The van der Waals surface area contributed by atoms with Crippen LogP contribution in [0.1, 0.15) is 38.8 Å². The van der Waals surface area contributed by atoms with Crippen molar-refractivity contribution in [2.75, 3.05) is 39.3 Å². The molecule has 1 aromatic rings. The molecule has 1 aromatic heterocycles. The van der Waals surface area contributed by atoms with Gasteiger partial charge in [0.1, 0.15) is 0 Å². The molecule has 2 N–H and O–H groups in total. The number of nitrogens with two attached hydrogens (primary N) is 1. The Bertz CT molecular complexity index is 309. The quantitative estimate of drug-likeness (QED) is 0.707. The van der Waals surface area contributed by atoms with E-state index in [0.29, 0.717) is 6.54 Å². The highest BCUT2D eigenvalue weighted by molar-refractivity contribution is 5.12. The molecule has 0 bridgehead atoms. The average molecular weight is 267 g/mol. The third-order valence-electron chi connectivity index (χ3n) is 3.81. The highest BCUT2D eigenvalue weighted by atomic mass is 16.3. The molecule has 4 nitrogen and oxygen atoms in total. The average Bonchev–Trinajstić information content (AvgIpc) is 2.96. The van der Waals surface area contributed by atoms with Crippen LogP contribution >= 0.6 is 0 Å². The molecule has 0 spiro atoms. The van der Waals surface area contributed by atoms with Crippen LogP contribution in [-0.2, 0) is 0 Å². The Morgan fingerprint density at radius 3 is 2.37 bits per heavy atom. The van der Waals surface area contributed by atoms with Crippen LogP contribution in [0.15, 0.2) is 23.0 Å². The number of rotatable bonds is 10. The van der Waals surface area contributed by atoms with Crippen molar-refractivity contribution < 1.29 is 4.42 Å². The summed E-state index contributed by atoms with van der Waals surface area (Å²) in [4.78, 5) is 4.90. The molecule has 0 aromatic carbocycles. The highest BCUT2D eigenvalue weighted by Gasteiger charge is 2.18. The predicted octanol–water partition coefficient (Wildman–Crippen LogP) is 2.33. The topological polar surface area (TPSA) is 45.6 Å². The molecule has 1 rings (SSSR count). The summed E-state index contributed by atoms with van der Waals surface area (Å²) < 4.78 is 5.18. The summed E-state index contributed by atoms with van der Waals surface area (Å²) in [6, 6.07) is 2.30. The molecule has 19 heavy (non-hydrogen) atoms. The van der Waals surface area contributed by atoms with E-state index >= 15 is 0 Å². The molecular formula is C15H29N3O. The van der Waals surface area contributed by atoms with Crippen molar-refractivity contribution in [3.05, 3.63) is 24.2 Å². The van der Waals surface area contributed by atoms with Gasteiger partial charge in [0.15, 0.2) is 0 Å². The first-order valence-electron chi connectivity index (χ1n) is 7.45. The number of furan rings is 1. The first kappa shape index (κ1) is 16.2. The molecule has 1 heterocycles. The second-order valence-electron chi connectivity index (χ2n) is 4.82. The maximum atomic E-state index is 5.93. The fourth-order valence-electron chi connectivity index (χ4n) is 2.53. The lowest BCUT2D eigenvalue weighted by Gasteiger charge is -2.30. The van der Waals surface area contributed by atoms with Crippen molar-refractivity contribution in [1.82, 2.24) is 9.80 Å². The maximum absolute atomic E-state index is 5.93. The molecule has 1 atom stereocenters. The van der Waals surface area contributed by atoms with E-state index in [4.69, 9.17) is 10.2 Å². The molecule has 0 aliphatic carbocycles. The molecule has 110 valence electrons. The Morgan fingerprint density at radius 2 is 1.89 bits per heavy atom. The van der Waals surface area contributed by atoms with E-state index in [1.54, 1.807) is 6.26 Å². The number of nitrogens with zero attached hydrogens (tertiary/aromatic N) is 2. The minimum absolute atomic E-state index is 0.278. The van der Waals surface area contributed by atoms with Crippen molar-refractivity contribution in [3.63, 3.8) is 0 Å². The number of hydrogen-bond donors (Lipinski definition) is 1. The van der Waals surface area contributed by atoms with Crippen LogP contribution in [0, 0.1) is 0 Å². The van der Waals surface area contributed by atoms with Gasteiger partial charge in [-0.05, 0) is 38.7 Å². The van der Waals surface area contributed by atoms with Gasteiger partial charge in [0, 0.05) is 18.7 Å². The Labute approximate surface area is 117 Å². The monoisotopic (exact) mass is 267 g/mol. The maximum Gasteiger partial charge on any atom is 0.0950 e. The summed E-state index contributed by atoms with van der Waals surface area (Å²) in [6.07, 6.45) is 4.72. The van der Waals surface area contributed by atoms with Crippen LogP contribution < -0.4 is 5.73 Å². The fraction of sp³-hybridized carbons (Fsp3) is 0.733. The van der Waals surface area contributed by atoms with Gasteiger partial charge >= 0.3 is 0 Å². The lowest BCUT2D eigenvalue weighted by atomic mass is 10.1. The van der Waals surface area contributed by atoms with Crippen LogP contribution in [0.25, 0.3) is 0 Å². The Kier molecular flexibility index (Phi) is 7.79. The van der Waals surface area contributed by atoms with Crippen LogP contribution in [0.2, 0.25) is 0 Å². The zero-order valence-electron chi connectivity index (χ0n) is 12.6. The molecule has 0 saturated heterocycles. The third-order valence-corrected chi connectivity index (χ3v) is 3.81. The summed E-state index contributed by atoms with van der Waals surface area (Å²) in [5.41, 5.74) is 7.12. The fourth-order valence-corrected chi connectivity index (χ4v) is 2.53. The highest BCUT2D eigenvalue weighted by Crippen LogP contribution is 2.20. The van der Waals surface area contributed by atoms with Crippen molar-refractivity contribution in [3.8, 4) is 0 Å². The van der Waals surface area contributed by atoms with E-state index < -0.39 is 0 Å². The van der Waals surface area contributed by atoms with Gasteiger partial charge in [0.25, 0.3) is 0 Å². The second-order valence-corrected chi connectivity index (χ2v) is 4.82. The van der Waals surface area contributed by atoms with Gasteiger partial charge in [-0.2, -0.15) is 0 Å². The standard InChI is InChI=1S/C15H29N3O/c1-4-17(5-2)9-7-10-18(6-3)15(12-16)14-8-11-19-13-14/h8,11,13,15H,4-7,9-10,12,16H2,1-3H3. The van der Waals surface area contributed by atoms with Gasteiger partial charge in [-0.25, -0.2) is 0 Å². The second kappa shape index (κ2) is 9.13. The van der Waals surface area contributed by atoms with Crippen LogP contribution in [0.5, 0.6) is 0 Å². The summed E-state index contributed by atoms with van der Waals surface area (Å²) in [5, 5.41) is 0. The molecule has 4 heteroatoms. The molecule has 0 fully saturated rings. The lowest BCUT2D eigenvalue weighted by molar-refractivity contribution is 0.192. The zero-order chi connectivity index (χ0) is 14.1. The molecule has 0 aliphatic heterocycles. The Hall–Kier alpha value is -0.840. The summed E-state index contributed by atoms with van der Waals surface area (Å²) in [7, 11) is 0. The minimum atomic E-state index is 0.278. The van der Waals surface area contributed by atoms with Gasteiger partial charge in [-0.1, -0.05) is 20.8 Å². The normalized spacial score (nSPS) is 13.4. The van der Waals surface area contributed by atoms with Gasteiger partial charge in [-0.15, -0.1) is 0 Å². The van der Waals surface area contributed by atoms with Gasteiger partial charge < -0.3 is 15.1 Å². The SMILES string of the molecule is CCN(CC)CCCN(CC)C(CN)c1ccoc1. The summed E-state index contributed by atoms with van der Waals surface area (Å²) >= 11 is 0. The van der Waals surface area contributed by atoms with E-state index in [-0.39, 0.29) is 6.04 Å². The smallest absolute Gasteiger partial charge is 0.0950 e. The molecule has 0 aliphatic rings. The molecular weight excluding hydrogens is 238 g/mol. The Morgan fingerprint density at radius 1 is 1.16 bits per heavy atom. The Balaban J connectivity index is 2.47. The first-order valence-corrected chi connectivity index (χ1v) is 7.45. The molecule has 0 amide bonds. The molecule has 0 saturated carbocycles. The molecule has 0 radical (unpaired) electrons. The van der Waals surface area contributed by atoms with Crippen LogP contribution in [-0.4, -0.2) is 49.1 Å². The van der Waals surface area contributed by atoms with E-state index in [9.17, 15) is 0 Å². The van der Waals surface area contributed by atoms with E-state index in [1.165, 1.54) is 12.0 Å². The van der Waals surface area contributed by atoms with E-state index in [2.05, 4.69) is 30.6 Å².